The number of carbonyl (C=O) groups excluding carboxylic acids is 1. The van der Waals surface area contributed by atoms with E-state index in [1.54, 1.807) is 7.05 Å². The van der Waals surface area contributed by atoms with E-state index in [0.717, 1.165) is 25.2 Å². The molecule has 1 aliphatic rings. The van der Waals surface area contributed by atoms with E-state index in [9.17, 15) is 4.79 Å². The molecule has 0 aromatic heterocycles. The van der Waals surface area contributed by atoms with Gasteiger partial charge in [0.05, 0.1) is 6.54 Å². The quantitative estimate of drug-likeness (QED) is 0.430. The Bertz CT molecular complexity index is 763. The highest BCUT2D eigenvalue weighted by molar-refractivity contribution is 14.0. The normalized spacial score (nSPS) is 13.0. The summed E-state index contributed by atoms with van der Waals surface area (Å²) in [5.41, 5.74) is 3.47. The number of hydrogen-bond donors (Lipinski definition) is 1. The summed E-state index contributed by atoms with van der Waals surface area (Å²) in [4.78, 5) is 20.8. The Labute approximate surface area is 172 Å². The minimum Gasteiger partial charge on any atom is -0.347 e. The van der Waals surface area contributed by atoms with Gasteiger partial charge in [-0.15, -0.1) is 24.0 Å². The van der Waals surface area contributed by atoms with Crippen LogP contribution in [0.3, 0.4) is 0 Å². The summed E-state index contributed by atoms with van der Waals surface area (Å²) in [6.45, 7) is 1.72. The number of nitrogens with zero attached hydrogens (tertiary/aromatic N) is 3. The van der Waals surface area contributed by atoms with Crippen molar-refractivity contribution in [3.63, 3.8) is 0 Å². The van der Waals surface area contributed by atoms with Crippen LogP contribution in [-0.2, 0) is 17.8 Å². The Kier molecular flexibility index (Phi) is 7.44. The lowest BCUT2D eigenvalue weighted by Gasteiger charge is -2.23. The van der Waals surface area contributed by atoms with Crippen LogP contribution in [0.5, 0.6) is 0 Å². The van der Waals surface area contributed by atoms with Gasteiger partial charge in [0.25, 0.3) is 0 Å². The second-order valence-electron chi connectivity index (χ2n) is 6.17. The van der Waals surface area contributed by atoms with Gasteiger partial charge in [-0.05, 0) is 23.6 Å². The molecule has 1 N–H and O–H groups in total. The molecule has 0 unspecified atom stereocenters. The molecule has 138 valence electrons. The largest absolute Gasteiger partial charge is 0.347 e. The summed E-state index contributed by atoms with van der Waals surface area (Å²) < 4.78 is 0. The molecule has 3 rings (SSSR count). The molecule has 0 aliphatic carbocycles. The SMILES string of the molecule is CN=C(NCC(=O)N1CCc2ccccc21)N(C)Cc1ccccc1.I. The Morgan fingerprint density at radius 1 is 1.15 bits per heavy atom. The van der Waals surface area contributed by atoms with Gasteiger partial charge >= 0.3 is 0 Å². The maximum absolute atomic E-state index is 12.6. The number of carbonyl (C=O) groups is 1. The van der Waals surface area contributed by atoms with Crippen LogP contribution in [0, 0.1) is 0 Å². The zero-order valence-electron chi connectivity index (χ0n) is 15.2. The van der Waals surface area contributed by atoms with Crippen molar-refractivity contribution < 1.29 is 4.79 Å². The lowest BCUT2D eigenvalue weighted by atomic mass is 10.2. The first-order valence-corrected chi connectivity index (χ1v) is 8.53. The fourth-order valence-electron chi connectivity index (χ4n) is 3.16. The van der Waals surface area contributed by atoms with E-state index in [1.165, 1.54) is 11.1 Å². The molecule has 6 heteroatoms. The molecule has 0 saturated carbocycles. The van der Waals surface area contributed by atoms with Gasteiger partial charge in [0.15, 0.2) is 5.96 Å². The number of benzene rings is 2. The molecule has 0 atom stereocenters. The number of hydrogen-bond acceptors (Lipinski definition) is 2. The van der Waals surface area contributed by atoms with Crippen LogP contribution in [0.25, 0.3) is 0 Å². The number of aliphatic imine (C=N–C) groups is 1. The van der Waals surface area contributed by atoms with Gasteiger partial charge in [0, 0.05) is 32.9 Å². The van der Waals surface area contributed by atoms with Crippen LogP contribution in [0.15, 0.2) is 59.6 Å². The fraction of sp³-hybridized carbons (Fsp3) is 0.300. The standard InChI is InChI=1S/C20H24N4O.HI/c1-21-20(23(2)15-16-8-4-3-5-9-16)22-14-19(25)24-13-12-17-10-6-7-11-18(17)24;/h3-11H,12-15H2,1-2H3,(H,21,22);1H. The first-order valence-electron chi connectivity index (χ1n) is 8.53. The molecule has 0 spiro atoms. The van der Waals surface area contributed by atoms with Gasteiger partial charge < -0.3 is 15.1 Å². The van der Waals surface area contributed by atoms with Gasteiger partial charge in [-0.3, -0.25) is 9.79 Å². The van der Waals surface area contributed by atoms with Crippen LogP contribution in [-0.4, -0.2) is 44.0 Å². The Hall–Kier alpha value is -2.09. The van der Waals surface area contributed by atoms with E-state index < -0.39 is 0 Å². The Balaban J connectivity index is 0.00000243. The average molecular weight is 464 g/mol. The smallest absolute Gasteiger partial charge is 0.246 e. The summed E-state index contributed by atoms with van der Waals surface area (Å²) in [5.74, 6) is 0.781. The topological polar surface area (TPSA) is 47.9 Å². The summed E-state index contributed by atoms with van der Waals surface area (Å²) in [6, 6.07) is 18.3. The summed E-state index contributed by atoms with van der Waals surface area (Å²) in [6.07, 6.45) is 0.921. The summed E-state index contributed by atoms with van der Waals surface area (Å²) in [7, 11) is 3.71. The zero-order valence-corrected chi connectivity index (χ0v) is 17.5. The number of nitrogens with one attached hydrogen (secondary N) is 1. The highest BCUT2D eigenvalue weighted by atomic mass is 127. The third-order valence-corrected chi connectivity index (χ3v) is 4.42. The highest BCUT2D eigenvalue weighted by Gasteiger charge is 2.24. The molecule has 0 bridgehead atoms. The first-order chi connectivity index (χ1) is 12.2. The van der Waals surface area contributed by atoms with E-state index in [4.69, 9.17) is 0 Å². The van der Waals surface area contributed by atoms with Crippen molar-refractivity contribution in [2.75, 3.05) is 32.1 Å². The molecule has 26 heavy (non-hydrogen) atoms. The van der Waals surface area contributed by atoms with Crippen molar-refractivity contribution in [3.8, 4) is 0 Å². The van der Waals surface area contributed by atoms with E-state index in [0.29, 0.717) is 5.96 Å². The zero-order chi connectivity index (χ0) is 17.6. The van der Waals surface area contributed by atoms with Gasteiger partial charge in [0.1, 0.15) is 0 Å². The number of para-hydroxylation sites is 1. The third-order valence-electron chi connectivity index (χ3n) is 4.42. The van der Waals surface area contributed by atoms with Gasteiger partial charge in [-0.25, -0.2) is 0 Å². The molecular weight excluding hydrogens is 439 g/mol. The number of rotatable bonds is 4. The molecule has 1 amide bonds. The van der Waals surface area contributed by atoms with Crippen molar-refractivity contribution in [2.24, 2.45) is 4.99 Å². The molecule has 5 nitrogen and oxygen atoms in total. The number of fused-ring (bicyclic) bond motifs is 1. The average Bonchev–Trinajstić information content (AvgIpc) is 3.07. The van der Waals surface area contributed by atoms with E-state index in [1.807, 2.05) is 53.2 Å². The van der Waals surface area contributed by atoms with Crippen LogP contribution in [0.1, 0.15) is 11.1 Å². The second-order valence-corrected chi connectivity index (χ2v) is 6.17. The fourth-order valence-corrected chi connectivity index (χ4v) is 3.16. The van der Waals surface area contributed by atoms with Gasteiger partial charge in [-0.1, -0.05) is 48.5 Å². The van der Waals surface area contributed by atoms with Crippen molar-refractivity contribution in [1.82, 2.24) is 10.2 Å². The van der Waals surface area contributed by atoms with Crippen LogP contribution in [0.2, 0.25) is 0 Å². The molecule has 2 aromatic rings. The maximum Gasteiger partial charge on any atom is 0.246 e. The number of guanidine groups is 1. The molecule has 0 saturated heterocycles. The van der Waals surface area contributed by atoms with E-state index in [-0.39, 0.29) is 36.4 Å². The monoisotopic (exact) mass is 464 g/mol. The predicted molar refractivity (Wildman–Crippen MR) is 117 cm³/mol. The lowest BCUT2D eigenvalue weighted by molar-refractivity contribution is -0.117. The second kappa shape index (κ2) is 9.56. The molecule has 0 fully saturated rings. The summed E-state index contributed by atoms with van der Waals surface area (Å²) >= 11 is 0. The molecule has 1 aliphatic heterocycles. The van der Waals surface area contributed by atoms with Crippen molar-refractivity contribution in [3.05, 3.63) is 65.7 Å². The van der Waals surface area contributed by atoms with Crippen molar-refractivity contribution >= 4 is 41.5 Å². The van der Waals surface area contributed by atoms with Crippen LogP contribution in [0.4, 0.5) is 5.69 Å². The molecule has 0 radical (unpaired) electrons. The third kappa shape index (κ3) is 4.75. The lowest BCUT2D eigenvalue weighted by Crippen LogP contribution is -2.44. The Morgan fingerprint density at radius 2 is 1.85 bits per heavy atom. The van der Waals surface area contributed by atoms with E-state index >= 15 is 0 Å². The number of halogens is 1. The number of amides is 1. The number of anilines is 1. The van der Waals surface area contributed by atoms with Gasteiger partial charge in [0.2, 0.25) is 5.91 Å². The highest BCUT2D eigenvalue weighted by Crippen LogP contribution is 2.27. The van der Waals surface area contributed by atoms with E-state index in [2.05, 4.69) is 28.5 Å². The summed E-state index contributed by atoms with van der Waals surface area (Å²) in [5, 5.41) is 3.18. The predicted octanol–water partition coefficient (Wildman–Crippen LogP) is 2.90. The molecule has 2 aromatic carbocycles. The Morgan fingerprint density at radius 3 is 2.58 bits per heavy atom. The van der Waals surface area contributed by atoms with Crippen molar-refractivity contribution in [1.29, 1.82) is 0 Å². The molecular formula is C20H25IN4O. The van der Waals surface area contributed by atoms with Gasteiger partial charge in [-0.2, -0.15) is 0 Å². The minimum absolute atomic E-state index is 0. The van der Waals surface area contributed by atoms with Crippen LogP contribution < -0.4 is 10.2 Å². The van der Waals surface area contributed by atoms with Crippen molar-refractivity contribution in [2.45, 2.75) is 13.0 Å². The minimum atomic E-state index is 0. The molecule has 1 heterocycles. The maximum atomic E-state index is 12.6. The first kappa shape index (κ1) is 20.2. The van der Waals surface area contributed by atoms with Crippen LogP contribution >= 0.6 is 24.0 Å².